The molecule has 156 valence electrons. The Morgan fingerprint density at radius 1 is 1.07 bits per heavy atom. The second-order valence-corrected chi connectivity index (χ2v) is 7.72. The molecule has 1 saturated carbocycles. The minimum Gasteiger partial charge on any atom is -0.497 e. The molecule has 0 spiro atoms. The first kappa shape index (κ1) is 20.1. The van der Waals surface area contributed by atoms with E-state index in [9.17, 15) is 4.79 Å². The van der Waals surface area contributed by atoms with E-state index in [1.54, 1.807) is 7.11 Å². The molecule has 0 bridgehead atoms. The van der Waals surface area contributed by atoms with E-state index in [0.29, 0.717) is 24.7 Å². The Bertz CT molecular complexity index is 947. The van der Waals surface area contributed by atoms with Crippen molar-refractivity contribution in [2.45, 2.75) is 51.1 Å². The summed E-state index contributed by atoms with van der Waals surface area (Å²) >= 11 is 0. The number of hydrogen-bond donors (Lipinski definition) is 0. The van der Waals surface area contributed by atoms with Crippen LogP contribution in [0, 0.1) is 0 Å². The third kappa shape index (κ3) is 4.87. The molecule has 1 aliphatic carbocycles. The lowest BCUT2D eigenvalue weighted by molar-refractivity contribution is -0.134. The van der Waals surface area contributed by atoms with E-state index < -0.39 is 0 Å². The Hall–Kier alpha value is -3.15. The van der Waals surface area contributed by atoms with E-state index in [4.69, 9.17) is 9.26 Å². The fourth-order valence-corrected chi connectivity index (χ4v) is 4.01. The van der Waals surface area contributed by atoms with Gasteiger partial charge in [0.25, 0.3) is 0 Å². The molecule has 0 N–H and O–H groups in total. The quantitative estimate of drug-likeness (QED) is 0.572. The monoisotopic (exact) mass is 405 g/mol. The number of benzene rings is 2. The highest BCUT2D eigenvalue weighted by molar-refractivity contribution is 5.79. The minimum atomic E-state index is 0.109. The van der Waals surface area contributed by atoms with Crippen LogP contribution < -0.4 is 4.74 Å². The van der Waals surface area contributed by atoms with Crippen molar-refractivity contribution in [3.05, 3.63) is 66.1 Å². The lowest BCUT2D eigenvalue weighted by Gasteiger charge is -2.33. The van der Waals surface area contributed by atoms with Crippen molar-refractivity contribution in [2.75, 3.05) is 7.11 Å². The van der Waals surface area contributed by atoms with Gasteiger partial charge in [0.15, 0.2) is 0 Å². The van der Waals surface area contributed by atoms with Crippen molar-refractivity contribution < 1.29 is 14.1 Å². The summed E-state index contributed by atoms with van der Waals surface area (Å²) in [7, 11) is 1.63. The van der Waals surface area contributed by atoms with Crippen LogP contribution in [0.15, 0.2) is 59.1 Å². The fraction of sp³-hybridized carbons (Fsp3) is 0.375. The number of nitrogens with zero attached hydrogens (tertiary/aromatic N) is 3. The number of hydrogen-bond acceptors (Lipinski definition) is 5. The van der Waals surface area contributed by atoms with Gasteiger partial charge in [0.05, 0.1) is 13.5 Å². The number of aromatic nitrogens is 2. The number of methoxy groups -OCH3 is 1. The molecule has 1 aliphatic rings. The second-order valence-electron chi connectivity index (χ2n) is 7.72. The van der Waals surface area contributed by atoms with Gasteiger partial charge in [0, 0.05) is 11.6 Å². The average Bonchev–Trinajstić information content (AvgIpc) is 3.27. The predicted molar refractivity (Wildman–Crippen MR) is 114 cm³/mol. The van der Waals surface area contributed by atoms with Gasteiger partial charge < -0.3 is 14.2 Å². The number of ether oxygens (including phenoxy) is 1. The summed E-state index contributed by atoms with van der Waals surface area (Å²) in [6.07, 6.45) is 5.98. The summed E-state index contributed by atoms with van der Waals surface area (Å²) in [5.74, 6) is 1.87. The molecule has 2 aromatic carbocycles. The molecule has 0 unspecified atom stereocenters. The second kappa shape index (κ2) is 9.57. The van der Waals surface area contributed by atoms with Gasteiger partial charge in [-0.05, 0) is 42.7 Å². The number of carbonyl (C=O) groups is 1. The molecule has 0 saturated heterocycles. The van der Waals surface area contributed by atoms with Crippen molar-refractivity contribution in [1.82, 2.24) is 15.0 Å². The molecular formula is C24H27N3O3. The molecule has 0 atom stereocenters. The SMILES string of the molecule is COc1ccc(-c2noc(CN(C(=O)Cc3ccccc3)C3CCCCC3)n2)cc1. The van der Waals surface area contributed by atoms with E-state index in [-0.39, 0.29) is 11.9 Å². The molecule has 6 nitrogen and oxygen atoms in total. The lowest BCUT2D eigenvalue weighted by atomic mass is 9.93. The minimum absolute atomic E-state index is 0.109. The zero-order chi connectivity index (χ0) is 20.8. The van der Waals surface area contributed by atoms with Crippen LogP contribution >= 0.6 is 0 Å². The average molecular weight is 405 g/mol. The normalized spacial score (nSPS) is 14.4. The van der Waals surface area contributed by atoms with Crippen molar-refractivity contribution in [2.24, 2.45) is 0 Å². The highest BCUT2D eigenvalue weighted by atomic mass is 16.5. The molecule has 1 fully saturated rings. The van der Waals surface area contributed by atoms with Crippen LogP contribution in [0.2, 0.25) is 0 Å². The Labute approximate surface area is 176 Å². The van der Waals surface area contributed by atoms with Crippen molar-refractivity contribution in [3.63, 3.8) is 0 Å². The van der Waals surface area contributed by atoms with Gasteiger partial charge in [0.2, 0.25) is 17.6 Å². The third-order valence-corrected chi connectivity index (χ3v) is 5.66. The molecule has 1 heterocycles. The molecule has 3 aromatic rings. The van der Waals surface area contributed by atoms with Gasteiger partial charge in [-0.2, -0.15) is 4.98 Å². The summed E-state index contributed by atoms with van der Waals surface area (Å²) in [5.41, 5.74) is 1.87. The summed E-state index contributed by atoms with van der Waals surface area (Å²) in [6, 6.07) is 17.6. The maximum atomic E-state index is 13.2. The lowest BCUT2D eigenvalue weighted by Crippen LogP contribution is -2.41. The Kier molecular flexibility index (Phi) is 6.42. The molecule has 6 heteroatoms. The van der Waals surface area contributed by atoms with Gasteiger partial charge in [-0.15, -0.1) is 0 Å². The van der Waals surface area contributed by atoms with Gasteiger partial charge >= 0.3 is 0 Å². The van der Waals surface area contributed by atoms with Gasteiger partial charge in [-0.1, -0.05) is 54.8 Å². The van der Waals surface area contributed by atoms with Gasteiger partial charge in [-0.25, -0.2) is 0 Å². The Morgan fingerprint density at radius 3 is 2.50 bits per heavy atom. The van der Waals surface area contributed by atoms with Crippen molar-refractivity contribution in [3.8, 4) is 17.1 Å². The highest BCUT2D eigenvalue weighted by Gasteiger charge is 2.27. The standard InChI is InChI=1S/C24H27N3O3/c1-29-21-14-12-19(13-15-21)24-25-22(30-26-24)17-27(20-10-6-3-7-11-20)23(28)16-18-8-4-2-5-9-18/h2,4-5,8-9,12-15,20H,3,6-7,10-11,16-17H2,1H3. The largest absolute Gasteiger partial charge is 0.497 e. The van der Waals surface area contributed by atoms with Crippen molar-refractivity contribution >= 4 is 5.91 Å². The summed E-state index contributed by atoms with van der Waals surface area (Å²) in [4.78, 5) is 19.7. The van der Waals surface area contributed by atoms with Crippen LogP contribution in [0.5, 0.6) is 5.75 Å². The van der Waals surface area contributed by atoms with Crippen LogP contribution in [0.3, 0.4) is 0 Å². The smallest absolute Gasteiger partial charge is 0.246 e. The zero-order valence-corrected chi connectivity index (χ0v) is 17.3. The van der Waals surface area contributed by atoms with Gasteiger partial charge in [0.1, 0.15) is 12.3 Å². The van der Waals surface area contributed by atoms with Crippen LogP contribution in [0.1, 0.15) is 43.6 Å². The Morgan fingerprint density at radius 2 is 1.80 bits per heavy atom. The van der Waals surface area contributed by atoms with E-state index in [1.807, 2.05) is 59.5 Å². The third-order valence-electron chi connectivity index (χ3n) is 5.66. The van der Waals surface area contributed by atoms with E-state index in [2.05, 4.69) is 10.1 Å². The molecular weight excluding hydrogens is 378 g/mol. The maximum Gasteiger partial charge on any atom is 0.246 e. The van der Waals surface area contributed by atoms with Crippen LogP contribution in [0.4, 0.5) is 0 Å². The van der Waals surface area contributed by atoms with E-state index in [0.717, 1.165) is 42.6 Å². The topological polar surface area (TPSA) is 68.5 Å². The number of amides is 1. The first-order valence-corrected chi connectivity index (χ1v) is 10.5. The van der Waals surface area contributed by atoms with Crippen molar-refractivity contribution in [1.29, 1.82) is 0 Å². The van der Waals surface area contributed by atoms with Crippen LogP contribution in [-0.2, 0) is 17.8 Å². The first-order chi connectivity index (χ1) is 14.7. The molecule has 1 amide bonds. The van der Waals surface area contributed by atoms with E-state index >= 15 is 0 Å². The molecule has 0 radical (unpaired) electrons. The van der Waals surface area contributed by atoms with Gasteiger partial charge in [-0.3, -0.25) is 4.79 Å². The molecule has 4 rings (SSSR count). The predicted octanol–water partition coefficient (Wildman–Crippen LogP) is 4.65. The number of carbonyl (C=O) groups excluding carboxylic acids is 1. The number of rotatable bonds is 7. The fourth-order valence-electron chi connectivity index (χ4n) is 4.01. The molecule has 1 aromatic heterocycles. The van der Waals surface area contributed by atoms with Crippen LogP contribution in [0.25, 0.3) is 11.4 Å². The molecule has 0 aliphatic heterocycles. The maximum absolute atomic E-state index is 13.2. The summed E-state index contributed by atoms with van der Waals surface area (Å²) in [5, 5.41) is 4.12. The highest BCUT2D eigenvalue weighted by Crippen LogP contribution is 2.26. The zero-order valence-electron chi connectivity index (χ0n) is 17.3. The molecule has 30 heavy (non-hydrogen) atoms. The summed E-state index contributed by atoms with van der Waals surface area (Å²) < 4.78 is 10.7. The summed E-state index contributed by atoms with van der Waals surface area (Å²) in [6.45, 7) is 0.347. The van der Waals surface area contributed by atoms with E-state index in [1.165, 1.54) is 6.42 Å². The first-order valence-electron chi connectivity index (χ1n) is 10.5. The van der Waals surface area contributed by atoms with Crippen LogP contribution in [-0.4, -0.2) is 34.1 Å². The Balaban J connectivity index is 1.51.